The number of nitrogens with one attached hydrogen (secondary N) is 2. The third-order valence-electron chi connectivity index (χ3n) is 3.12. The fraction of sp³-hybridized carbons (Fsp3) is 0.600. The number of benzene rings is 1. The first-order chi connectivity index (χ1) is 10.0. The van der Waals surface area contributed by atoms with Crippen LogP contribution in [0.1, 0.15) is 31.9 Å². The first kappa shape index (κ1) is 18.1. The molecule has 0 aliphatic carbocycles. The monoisotopic (exact) mass is 314 g/mol. The van der Waals surface area contributed by atoms with E-state index < -0.39 is 10.0 Å². The molecule has 1 aromatic rings. The van der Waals surface area contributed by atoms with Gasteiger partial charge in [0.25, 0.3) is 0 Å². The summed E-state index contributed by atoms with van der Waals surface area (Å²) in [5.41, 5.74) is 1.80. The highest BCUT2D eigenvalue weighted by molar-refractivity contribution is 7.89. The summed E-state index contributed by atoms with van der Waals surface area (Å²) < 4.78 is 32.6. The molecule has 0 unspecified atom stereocenters. The fourth-order valence-corrected chi connectivity index (χ4v) is 3.36. The van der Waals surface area contributed by atoms with Crippen molar-refractivity contribution in [1.29, 1.82) is 0 Å². The fourth-order valence-electron chi connectivity index (χ4n) is 1.99. The van der Waals surface area contributed by atoms with E-state index in [0.717, 1.165) is 17.7 Å². The van der Waals surface area contributed by atoms with Crippen LogP contribution in [0.25, 0.3) is 0 Å². The van der Waals surface area contributed by atoms with Gasteiger partial charge in [-0.3, -0.25) is 0 Å². The van der Waals surface area contributed by atoms with Crippen molar-refractivity contribution in [3.63, 3.8) is 0 Å². The molecular weight excluding hydrogens is 288 g/mol. The Kier molecular flexibility index (Phi) is 7.88. The Morgan fingerprint density at radius 1 is 1.19 bits per heavy atom. The van der Waals surface area contributed by atoms with E-state index in [0.29, 0.717) is 31.1 Å². The Bertz CT molecular complexity index is 530. The summed E-state index contributed by atoms with van der Waals surface area (Å²) in [6, 6.07) is 5.62. The first-order valence-electron chi connectivity index (χ1n) is 7.45. The number of hydrogen-bond donors (Lipinski definition) is 2. The molecule has 0 spiro atoms. The first-order valence-corrected chi connectivity index (χ1v) is 8.93. The molecule has 120 valence electrons. The minimum Gasteiger partial charge on any atom is -0.380 e. The maximum absolute atomic E-state index is 12.4. The molecule has 0 aliphatic heterocycles. The zero-order valence-corrected chi connectivity index (χ0v) is 13.9. The summed E-state index contributed by atoms with van der Waals surface area (Å²) in [7, 11) is -3.49. The third kappa shape index (κ3) is 5.74. The molecule has 0 heterocycles. The molecule has 0 fully saturated rings. The maximum Gasteiger partial charge on any atom is 0.240 e. The summed E-state index contributed by atoms with van der Waals surface area (Å²) in [6.45, 7) is 8.64. The van der Waals surface area contributed by atoms with E-state index in [1.807, 2.05) is 32.9 Å². The quantitative estimate of drug-likeness (QED) is 0.645. The predicted molar refractivity (Wildman–Crippen MR) is 84.9 cm³/mol. The van der Waals surface area contributed by atoms with Gasteiger partial charge in [-0.1, -0.05) is 26.0 Å². The van der Waals surface area contributed by atoms with E-state index in [9.17, 15) is 8.42 Å². The lowest BCUT2D eigenvalue weighted by atomic mass is 10.1. The van der Waals surface area contributed by atoms with Gasteiger partial charge in [0.05, 0.1) is 11.5 Å². The molecule has 0 saturated heterocycles. The molecule has 0 atom stereocenters. The average molecular weight is 314 g/mol. The van der Waals surface area contributed by atoms with Crippen LogP contribution in [0, 0.1) is 0 Å². The Labute approximate surface area is 128 Å². The second-order valence-corrected chi connectivity index (χ2v) is 6.41. The van der Waals surface area contributed by atoms with Crippen molar-refractivity contribution in [2.75, 3.05) is 26.3 Å². The summed E-state index contributed by atoms with van der Waals surface area (Å²) in [5.74, 6) is 0. The van der Waals surface area contributed by atoms with Crippen molar-refractivity contribution in [3.05, 3.63) is 29.3 Å². The molecule has 21 heavy (non-hydrogen) atoms. The number of aryl methyl sites for hydroxylation is 1. The molecule has 2 N–H and O–H groups in total. The van der Waals surface area contributed by atoms with E-state index in [2.05, 4.69) is 10.0 Å². The molecule has 1 aromatic carbocycles. The van der Waals surface area contributed by atoms with Gasteiger partial charge >= 0.3 is 0 Å². The number of sulfonamides is 1. The minimum atomic E-state index is -3.49. The van der Waals surface area contributed by atoms with Crippen molar-refractivity contribution in [2.24, 2.45) is 0 Å². The van der Waals surface area contributed by atoms with Crippen LogP contribution < -0.4 is 10.0 Å². The smallest absolute Gasteiger partial charge is 0.240 e. The van der Waals surface area contributed by atoms with E-state index >= 15 is 0 Å². The molecule has 6 heteroatoms. The van der Waals surface area contributed by atoms with Gasteiger partial charge in [-0.25, -0.2) is 13.1 Å². The van der Waals surface area contributed by atoms with E-state index in [4.69, 9.17) is 4.74 Å². The van der Waals surface area contributed by atoms with Crippen molar-refractivity contribution in [1.82, 2.24) is 10.0 Å². The minimum absolute atomic E-state index is 0.288. The van der Waals surface area contributed by atoms with Gasteiger partial charge in [0.15, 0.2) is 0 Å². The van der Waals surface area contributed by atoms with Gasteiger partial charge in [0, 0.05) is 19.7 Å². The summed E-state index contributed by atoms with van der Waals surface area (Å²) in [4.78, 5) is 0.372. The lowest BCUT2D eigenvalue weighted by Gasteiger charge is -2.13. The van der Waals surface area contributed by atoms with Gasteiger partial charge in [-0.05, 0) is 37.1 Å². The molecule has 0 saturated carbocycles. The van der Waals surface area contributed by atoms with Gasteiger partial charge in [0.1, 0.15) is 0 Å². The van der Waals surface area contributed by atoms with Crippen LogP contribution in [0.4, 0.5) is 0 Å². The standard InChI is InChI=1S/C15H26N2O3S/c1-4-14-8-7-13(12-16-5-2)11-15(14)21(18,19)17-9-10-20-6-3/h7-8,11,16-17H,4-6,9-10,12H2,1-3H3. The molecule has 5 nitrogen and oxygen atoms in total. The molecule has 0 bridgehead atoms. The van der Waals surface area contributed by atoms with Gasteiger partial charge in [-0.2, -0.15) is 0 Å². The number of hydrogen-bond acceptors (Lipinski definition) is 4. The molecule has 0 aromatic heterocycles. The van der Waals surface area contributed by atoms with Crippen molar-refractivity contribution in [3.8, 4) is 0 Å². The summed E-state index contributed by atoms with van der Waals surface area (Å²) in [5, 5.41) is 3.21. The van der Waals surface area contributed by atoms with Crippen LogP contribution in [0.15, 0.2) is 23.1 Å². The second kappa shape index (κ2) is 9.15. The van der Waals surface area contributed by atoms with Crippen molar-refractivity contribution >= 4 is 10.0 Å². The molecular formula is C15H26N2O3S. The predicted octanol–water partition coefficient (Wildman–Crippen LogP) is 1.67. The molecule has 0 radical (unpaired) electrons. The molecule has 0 amide bonds. The zero-order valence-electron chi connectivity index (χ0n) is 13.1. The topological polar surface area (TPSA) is 67.4 Å². The lowest BCUT2D eigenvalue weighted by molar-refractivity contribution is 0.153. The average Bonchev–Trinajstić information content (AvgIpc) is 2.49. The highest BCUT2D eigenvalue weighted by atomic mass is 32.2. The number of ether oxygens (including phenoxy) is 1. The molecule has 1 rings (SSSR count). The zero-order chi connectivity index (χ0) is 15.7. The van der Waals surface area contributed by atoms with Gasteiger partial charge in [0.2, 0.25) is 10.0 Å². The Morgan fingerprint density at radius 2 is 1.95 bits per heavy atom. The van der Waals surface area contributed by atoms with Crippen LogP contribution >= 0.6 is 0 Å². The maximum atomic E-state index is 12.4. The number of rotatable bonds is 10. The van der Waals surface area contributed by atoms with Crippen molar-refractivity contribution in [2.45, 2.75) is 38.6 Å². The van der Waals surface area contributed by atoms with Crippen LogP contribution in [0.3, 0.4) is 0 Å². The van der Waals surface area contributed by atoms with E-state index in [-0.39, 0.29) is 6.54 Å². The van der Waals surface area contributed by atoms with Crippen molar-refractivity contribution < 1.29 is 13.2 Å². The van der Waals surface area contributed by atoms with E-state index in [1.54, 1.807) is 6.07 Å². The second-order valence-electron chi connectivity index (χ2n) is 4.67. The highest BCUT2D eigenvalue weighted by Gasteiger charge is 2.17. The SMILES string of the molecule is CCNCc1ccc(CC)c(S(=O)(=O)NCCOCC)c1. The highest BCUT2D eigenvalue weighted by Crippen LogP contribution is 2.18. The van der Waals surface area contributed by atoms with Crippen LogP contribution in [-0.4, -0.2) is 34.7 Å². The molecule has 0 aliphatic rings. The van der Waals surface area contributed by atoms with Crippen LogP contribution in [-0.2, 0) is 27.7 Å². The van der Waals surface area contributed by atoms with Crippen LogP contribution in [0.5, 0.6) is 0 Å². The summed E-state index contributed by atoms with van der Waals surface area (Å²) >= 11 is 0. The van der Waals surface area contributed by atoms with Crippen LogP contribution in [0.2, 0.25) is 0 Å². The third-order valence-corrected chi connectivity index (χ3v) is 4.67. The largest absolute Gasteiger partial charge is 0.380 e. The summed E-state index contributed by atoms with van der Waals surface area (Å²) in [6.07, 6.45) is 0.684. The normalized spacial score (nSPS) is 11.8. The van der Waals surface area contributed by atoms with Gasteiger partial charge in [-0.15, -0.1) is 0 Å². The Morgan fingerprint density at radius 3 is 2.57 bits per heavy atom. The van der Waals surface area contributed by atoms with E-state index in [1.165, 1.54) is 0 Å². The lowest BCUT2D eigenvalue weighted by Crippen LogP contribution is -2.28. The Hall–Kier alpha value is -0.950. The van der Waals surface area contributed by atoms with Gasteiger partial charge < -0.3 is 10.1 Å². The Balaban J connectivity index is 2.90.